The maximum absolute atomic E-state index is 10.6. The van der Waals surface area contributed by atoms with Crippen LogP contribution in [-0.2, 0) is 18.9 Å². The van der Waals surface area contributed by atoms with Crippen molar-refractivity contribution in [2.45, 2.75) is 82.8 Å². The van der Waals surface area contributed by atoms with Gasteiger partial charge in [0.05, 0.1) is 6.10 Å². The van der Waals surface area contributed by atoms with Gasteiger partial charge in [0.15, 0.2) is 6.29 Å². The number of aliphatic hydroxyl groups excluding tert-OH is 1. The number of allylic oxidation sites excluding steroid dienone is 1. The van der Waals surface area contributed by atoms with Crippen molar-refractivity contribution in [3.8, 4) is 0 Å². The van der Waals surface area contributed by atoms with Crippen LogP contribution in [0.3, 0.4) is 0 Å². The molecule has 0 amide bonds. The highest BCUT2D eigenvalue weighted by Crippen LogP contribution is 2.74. The summed E-state index contributed by atoms with van der Waals surface area (Å²) in [6.45, 7) is 7.24. The highest BCUT2D eigenvalue weighted by molar-refractivity contribution is 5.39. The fourth-order valence-electron chi connectivity index (χ4n) is 9.04. The second kappa shape index (κ2) is 5.86. The topological polar surface area (TPSA) is 63.8 Å². The van der Waals surface area contributed by atoms with E-state index in [1.54, 1.807) is 14.2 Å². The molecule has 29 heavy (non-hydrogen) atoms. The quantitative estimate of drug-likeness (QED) is 0.443. The van der Waals surface area contributed by atoms with Crippen molar-refractivity contribution in [3.05, 3.63) is 12.2 Å². The third-order valence-corrected chi connectivity index (χ3v) is 10.6. The van der Waals surface area contributed by atoms with Crippen LogP contribution in [0.25, 0.3) is 0 Å². The Morgan fingerprint density at radius 2 is 1.83 bits per heavy atom. The predicted molar refractivity (Wildman–Crippen MR) is 107 cm³/mol. The van der Waals surface area contributed by atoms with Gasteiger partial charge in [0.1, 0.15) is 23.9 Å². The number of aliphatic hydroxyl groups is 1. The van der Waals surface area contributed by atoms with E-state index in [2.05, 4.69) is 32.9 Å². The molecule has 0 aromatic carbocycles. The van der Waals surface area contributed by atoms with E-state index in [-0.39, 0.29) is 35.6 Å². The number of epoxide rings is 2. The van der Waals surface area contributed by atoms with Crippen molar-refractivity contribution in [1.29, 1.82) is 0 Å². The summed E-state index contributed by atoms with van der Waals surface area (Å²) in [4.78, 5) is 0. The van der Waals surface area contributed by atoms with Crippen LogP contribution in [-0.4, -0.2) is 55.6 Å². The Hall–Kier alpha value is -0.460. The Balaban J connectivity index is 1.33. The zero-order valence-corrected chi connectivity index (χ0v) is 18.3. The van der Waals surface area contributed by atoms with Gasteiger partial charge in [0.25, 0.3) is 0 Å². The van der Waals surface area contributed by atoms with Gasteiger partial charge in [-0.25, -0.2) is 0 Å². The molecule has 0 radical (unpaired) electrons. The molecule has 5 heteroatoms. The molecule has 1 spiro atoms. The molecule has 0 bridgehead atoms. The summed E-state index contributed by atoms with van der Waals surface area (Å²) in [7, 11) is 3.52. The molecular formula is C24H36O5. The SMILES string of the molecule is COC(OC)C(C)[C@H]1CC[C@H]2[C@@H]3C=C[C@@]45O[C@@H]4[C@H](O)[C@@H]4O[C@@H]4[C@]5(C)[C@H]3CC[C@]12C. The average Bonchev–Trinajstić information content (AvgIpc) is 3.60. The van der Waals surface area contributed by atoms with Crippen LogP contribution in [0.5, 0.6) is 0 Å². The lowest BCUT2D eigenvalue weighted by atomic mass is 9.46. The Morgan fingerprint density at radius 3 is 2.55 bits per heavy atom. The van der Waals surface area contributed by atoms with E-state index in [0.717, 1.165) is 0 Å². The molecule has 0 aromatic rings. The molecule has 5 nitrogen and oxygen atoms in total. The van der Waals surface area contributed by atoms with E-state index in [0.29, 0.717) is 35.0 Å². The van der Waals surface area contributed by atoms with E-state index in [1.807, 2.05) is 0 Å². The van der Waals surface area contributed by atoms with E-state index < -0.39 is 6.10 Å². The van der Waals surface area contributed by atoms with E-state index in [1.165, 1.54) is 25.7 Å². The lowest BCUT2D eigenvalue weighted by molar-refractivity contribution is -0.161. The Bertz CT molecular complexity index is 735. The number of hydrogen-bond acceptors (Lipinski definition) is 5. The summed E-state index contributed by atoms with van der Waals surface area (Å²) in [6, 6.07) is 0. The molecule has 12 atom stereocenters. The van der Waals surface area contributed by atoms with Gasteiger partial charge in [-0.05, 0) is 54.8 Å². The second-order valence-corrected chi connectivity index (χ2v) is 11.2. The highest BCUT2D eigenvalue weighted by Gasteiger charge is 2.84. The molecule has 1 unspecified atom stereocenters. The van der Waals surface area contributed by atoms with Crippen LogP contribution < -0.4 is 0 Å². The van der Waals surface area contributed by atoms with Crippen molar-refractivity contribution in [3.63, 3.8) is 0 Å². The molecule has 6 rings (SSSR count). The number of ether oxygens (including phenoxy) is 4. The van der Waals surface area contributed by atoms with Crippen molar-refractivity contribution in [1.82, 2.24) is 0 Å². The molecule has 1 N–H and O–H groups in total. The summed E-state index contributed by atoms with van der Waals surface area (Å²) in [6.07, 6.45) is 9.29. The molecule has 162 valence electrons. The van der Waals surface area contributed by atoms with Crippen LogP contribution in [0.1, 0.15) is 46.5 Å². The fraction of sp³-hybridized carbons (Fsp3) is 0.917. The van der Waals surface area contributed by atoms with Crippen molar-refractivity contribution in [2.24, 2.45) is 40.4 Å². The molecule has 2 saturated heterocycles. The monoisotopic (exact) mass is 404 g/mol. The van der Waals surface area contributed by atoms with Gasteiger partial charge >= 0.3 is 0 Å². The summed E-state index contributed by atoms with van der Waals surface area (Å²) < 4.78 is 23.6. The Labute approximate surface area is 174 Å². The third kappa shape index (κ3) is 2.10. The summed E-state index contributed by atoms with van der Waals surface area (Å²) in [5, 5.41) is 10.6. The maximum atomic E-state index is 10.6. The second-order valence-electron chi connectivity index (χ2n) is 11.2. The van der Waals surface area contributed by atoms with Crippen LogP contribution in [0, 0.1) is 40.4 Å². The van der Waals surface area contributed by atoms with Gasteiger partial charge in [-0.2, -0.15) is 0 Å². The van der Waals surface area contributed by atoms with Crippen LogP contribution >= 0.6 is 0 Å². The first-order valence-electron chi connectivity index (χ1n) is 11.6. The van der Waals surface area contributed by atoms with Gasteiger partial charge in [-0.15, -0.1) is 0 Å². The van der Waals surface area contributed by atoms with Gasteiger partial charge < -0.3 is 24.1 Å². The Morgan fingerprint density at radius 1 is 1.07 bits per heavy atom. The molecule has 6 aliphatic rings. The zero-order chi connectivity index (χ0) is 20.3. The minimum absolute atomic E-state index is 0.00634. The minimum Gasteiger partial charge on any atom is -0.387 e. The Kier molecular flexibility index (Phi) is 3.89. The first kappa shape index (κ1) is 19.2. The molecule has 4 aliphatic carbocycles. The molecule has 2 aliphatic heterocycles. The molecule has 5 fully saturated rings. The van der Waals surface area contributed by atoms with E-state index >= 15 is 0 Å². The van der Waals surface area contributed by atoms with Crippen LogP contribution in [0.15, 0.2) is 12.2 Å². The first-order chi connectivity index (χ1) is 13.8. The van der Waals surface area contributed by atoms with Crippen LogP contribution in [0.2, 0.25) is 0 Å². The van der Waals surface area contributed by atoms with Gasteiger partial charge in [0, 0.05) is 25.6 Å². The lowest BCUT2D eigenvalue weighted by Gasteiger charge is -2.57. The lowest BCUT2D eigenvalue weighted by Crippen LogP contribution is -2.60. The zero-order valence-electron chi connectivity index (χ0n) is 18.3. The summed E-state index contributed by atoms with van der Waals surface area (Å²) in [5.41, 5.74) is 0.0258. The molecule has 2 heterocycles. The number of methoxy groups -OCH3 is 2. The molecular weight excluding hydrogens is 368 g/mol. The molecule has 3 saturated carbocycles. The predicted octanol–water partition coefficient (Wildman–Crippen LogP) is 3.16. The average molecular weight is 405 g/mol. The van der Waals surface area contributed by atoms with Gasteiger partial charge in [-0.1, -0.05) is 32.9 Å². The van der Waals surface area contributed by atoms with Crippen molar-refractivity contribution < 1.29 is 24.1 Å². The van der Waals surface area contributed by atoms with E-state index in [4.69, 9.17) is 18.9 Å². The number of hydrogen-bond donors (Lipinski definition) is 1. The summed E-state index contributed by atoms with van der Waals surface area (Å²) >= 11 is 0. The first-order valence-corrected chi connectivity index (χ1v) is 11.6. The maximum Gasteiger partial charge on any atom is 0.159 e. The number of rotatable bonds is 4. The van der Waals surface area contributed by atoms with Crippen molar-refractivity contribution in [2.75, 3.05) is 14.2 Å². The van der Waals surface area contributed by atoms with Gasteiger partial charge in [0.2, 0.25) is 0 Å². The van der Waals surface area contributed by atoms with Crippen molar-refractivity contribution >= 4 is 0 Å². The summed E-state index contributed by atoms with van der Waals surface area (Å²) in [5.74, 6) is 2.86. The third-order valence-electron chi connectivity index (χ3n) is 10.6. The smallest absolute Gasteiger partial charge is 0.159 e. The standard InChI is InChI=1S/C24H36O5/c1-12(21(26-4)27-5)14-6-7-15-13-8-11-24-19(29-24)17(25)18-20(28-18)23(24,3)16(13)9-10-22(14,15)2/h8,11-21,25H,6-7,9-10H2,1-5H3/t12?,13-,14+,15-,16-,17+,18-,19+,20-,22+,23-,24+/m0/s1. The van der Waals surface area contributed by atoms with Gasteiger partial charge in [-0.3, -0.25) is 0 Å². The molecule has 0 aromatic heterocycles. The number of fused-ring (bicyclic) bond motifs is 6. The van der Waals surface area contributed by atoms with Crippen LogP contribution in [0.4, 0.5) is 0 Å². The fourth-order valence-corrected chi connectivity index (χ4v) is 9.04. The normalized spacial score (nSPS) is 60.0. The van der Waals surface area contributed by atoms with E-state index in [9.17, 15) is 5.11 Å². The highest BCUT2D eigenvalue weighted by atomic mass is 16.7. The largest absolute Gasteiger partial charge is 0.387 e. The minimum atomic E-state index is -0.458.